The fourth-order valence-corrected chi connectivity index (χ4v) is 6.42. The summed E-state index contributed by atoms with van der Waals surface area (Å²) in [5, 5.41) is 19.1. The second-order valence-corrected chi connectivity index (χ2v) is 15.0. The maximum atomic E-state index is 14.2. The van der Waals surface area contributed by atoms with Crippen LogP contribution >= 0.6 is 0 Å². The molecule has 3 aromatic rings. The van der Waals surface area contributed by atoms with Gasteiger partial charge < -0.3 is 4.90 Å². The summed E-state index contributed by atoms with van der Waals surface area (Å²) >= 11 is 0. The molecule has 0 saturated heterocycles. The maximum Gasteiger partial charge on any atom is 0.233 e. The Kier molecular flexibility index (Phi) is 10.9. The van der Waals surface area contributed by atoms with Crippen molar-refractivity contribution in [2.24, 2.45) is 0 Å². The van der Waals surface area contributed by atoms with Crippen molar-refractivity contribution in [1.82, 2.24) is 4.90 Å². The highest BCUT2D eigenvalue weighted by molar-refractivity contribution is 7.94. The van der Waals surface area contributed by atoms with E-state index in [9.17, 15) is 21.6 Å². The Morgan fingerprint density at radius 3 is 1.67 bits per heavy atom. The smallest absolute Gasteiger partial charge is 0.233 e. The molecule has 0 bridgehead atoms. The zero-order valence-corrected chi connectivity index (χ0v) is 27.1. The number of allylic oxidation sites excluding steroid dienone is 2. The molecule has 0 saturated carbocycles. The summed E-state index contributed by atoms with van der Waals surface area (Å²) in [5.41, 5.74) is 0.482. The monoisotopic (exact) mass is 639 g/mol. The van der Waals surface area contributed by atoms with E-state index in [1.165, 1.54) is 24.3 Å². The van der Waals surface area contributed by atoms with Crippen molar-refractivity contribution in [3.63, 3.8) is 0 Å². The lowest BCUT2D eigenvalue weighted by Gasteiger charge is -2.37. The second-order valence-electron chi connectivity index (χ2n) is 11.3. The highest BCUT2D eigenvalue weighted by Gasteiger charge is 2.36. The number of carbonyl (C=O) groups excluding carboxylic acids is 1. The number of carbonyl (C=O) groups is 1. The summed E-state index contributed by atoms with van der Waals surface area (Å²) in [4.78, 5) is 15.9. The molecule has 0 aliphatic rings. The van der Waals surface area contributed by atoms with E-state index in [1.807, 2.05) is 44.2 Å². The Labute approximate surface area is 265 Å². The summed E-state index contributed by atoms with van der Waals surface area (Å²) in [6.45, 7) is 7.75. The number of sulfone groups is 2. The second kappa shape index (κ2) is 14.2. The van der Waals surface area contributed by atoms with E-state index in [2.05, 4.69) is 11.8 Å². The molecule has 1 amide bonds. The van der Waals surface area contributed by atoms with Crippen LogP contribution in [0.15, 0.2) is 112 Å². The van der Waals surface area contributed by atoms with Crippen LogP contribution in [0.5, 0.6) is 0 Å². The summed E-state index contributed by atoms with van der Waals surface area (Å²) in [6.07, 6.45) is 1.80. The Morgan fingerprint density at radius 1 is 0.733 bits per heavy atom. The lowest BCUT2D eigenvalue weighted by atomic mass is 9.80. The number of nitrogens with zero attached hydrogens (tertiary/aromatic N) is 3. The van der Waals surface area contributed by atoms with Gasteiger partial charge >= 0.3 is 0 Å². The molecule has 10 heteroatoms. The molecule has 0 atom stereocenters. The van der Waals surface area contributed by atoms with Crippen molar-refractivity contribution in [2.45, 2.75) is 48.3 Å². The van der Waals surface area contributed by atoms with E-state index in [0.717, 1.165) is 34.1 Å². The average molecular weight is 640 g/mol. The lowest BCUT2D eigenvalue weighted by molar-refractivity contribution is -0.136. The van der Waals surface area contributed by atoms with Gasteiger partial charge in [-0.1, -0.05) is 68.2 Å². The van der Waals surface area contributed by atoms with Crippen LogP contribution in [0.2, 0.25) is 0 Å². The van der Waals surface area contributed by atoms with Crippen LogP contribution < -0.4 is 0 Å². The van der Waals surface area contributed by atoms with Gasteiger partial charge in [0.15, 0.2) is 0 Å². The Balaban J connectivity index is 1.96. The topological polar surface area (TPSA) is 136 Å². The van der Waals surface area contributed by atoms with E-state index in [1.54, 1.807) is 55.2 Å². The average Bonchev–Trinajstić information content (AvgIpc) is 3.02. The molecule has 3 rings (SSSR count). The van der Waals surface area contributed by atoms with Crippen molar-refractivity contribution in [3.8, 4) is 24.0 Å². The maximum absolute atomic E-state index is 14.2. The molecule has 0 unspecified atom stereocenters. The molecule has 0 N–H and O–H groups in total. The van der Waals surface area contributed by atoms with Gasteiger partial charge in [0.2, 0.25) is 25.6 Å². The molecule has 0 heterocycles. The predicted molar refractivity (Wildman–Crippen MR) is 173 cm³/mol. The molecule has 0 radical (unpaired) electrons. The van der Waals surface area contributed by atoms with Gasteiger partial charge in [-0.3, -0.25) is 4.79 Å². The minimum Gasteiger partial charge on any atom is -0.330 e. The quantitative estimate of drug-likeness (QED) is 0.213. The zero-order valence-electron chi connectivity index (χ0n) is 25.4. The van der Waals surface area contributed by atoms with Gasteiger partial charge in [0.25, 0.3) is 0 Å². The molecule has 0 aliphatic heterocycles. The van der Waals surface area contributed by atoms with Gasteiger partial charge in [-0.25, -0.2) is 16.8 Å². The standard InChI is InChI=1S/C35H33N3O5S2/c1-34(2,29-14-18-31(19-15-29)44(40,41)25-9-22-36)27-38(24-8-13-28-11-6-5-7-12-28)33(39)35(3,4)30-16-20-32(21-17-30)45(42,43)26-10-23-37/h5-7,9-12,14-21,25-26H,24,27H2,1-4H3. The molecular weight excluding hydrogens is 607 g/mol. The van der Waals surface area contributed by atoms with Gasteiger partial charge in [0, 0.05) is 40.5 Å². The van der Waals surface area contributed by atoms with E-state index < -0.39 is 30.5 Å². The molecular formula is C35H33N3O5S2. The Hall–Kier alpha value is -4.95. The fraction of sp³-hybridized carbons (Fsp3) is 0.229. The van der Waals surface area contributed by atoms with Crippen molar-refractivity contribution >= 4 is 25.6 Å². The summed E-state index contributed by atoms with van der Waals surface area (Å²) in [7, 11) is -7.57. The van der Waals surface area contributed by atoms with Crippen LogP contribution in [0.3, 0.4) is 0 Å². The third-order valence-corrected chi connectivity index (χ3v) is 10.0. The first kappa shape index (κ1) is 34.5. The number of rotatable bonds is 10. The van der Waals surface area contributed by atoms with Gasteiger partial charge in [-0.05, 0) is 61.4 Å². The number of hydrogen-bond donors (Lipinski definition) is 0. The van der Waals surface area contributed by atoms with Gasteiger partial charge in [-0.2, -0.15) is 10.5 Å². The first-order valence-corrected chi connectivity index (χ1v) is 16.9. The number of benzene rings is 3. The first-order valence-electron chi connectivity index (χ1n) is 13.8. The van der Waals surface area contributed by atoms with Gasteiger partial charge in [0.05, 0.1) is 33.9 Å². The molecule has 8 nitrogen and oxygen atoms in total. The molecule has 0 aromatic heterocycles. The Bertz CT molecular complexity index is 1950. The molecule has 0 aliphatic carbocycles. The van der Waals surface area contributed by atoms with Crippen LogP contribution in [0.4, 0.5) is 0 Å². The highest BCUT2D eigenvalue weighted by Crippen LogP contribution is 2.31. The van der Waals surface area contributed by atoms with E-state index in [-0.39, 0.29) is 28.8 Å². The van der Waals surface area contributed by atoms with Crippen molar-refractivity contribution in [2.75, 3.05) is 13.1 Å². The summed E-state index contributed by atoms with van der Waals surface area (Å²) in [5.74, 6) is 5.96. The minimum atomic E-state index is -3.80. The van der Waals surface area contributed by atoms with Crippen LogP contribution in [-0.4, -0.2) is 40.7 Å². The van der Waals surface area contributed by atoms with Crippen molar-refractivity contribution in [3.05, 3.63) is 119 Å². The highest BCUT2D eigenvalue weighted by atomic mass is 32.2. The number of nitriles is 2. The lowest BCUT2D eigenvalue weighted by Crippen LogP contribution is -2.48. The summed E-state index contributed by atoms with van der Waals surface area (Å²) < 4.78 is 49.9. The minimum absolute atomic E-state index is 0.00120. The summed E-state index contributed by atoms with van der Waals surface area (Å²) in [6, 6.07) is 25.0. The SMILES string of the molecule is CC(C)(CN(CC#Cc1ccccc1)C(=O)C(C)(C)c1ccc(S(=O)(=O)C=CC#N)cc1)c1ccc(S(=O)(=O)C=CC#N)cc1. The predicted octanol–water partition coefficient (Wildman–Crippen LogP) is 5.44. The molecule has 230 valence electrons. The molecule has 3 aromatic carbocycles. The zero-order chi connectivity index (χ0) is 33.3. The molecule has 45 heavy (non-hydrogen) atoms. The van der Waals surface area contributed by atoms with E-state index in [0.29, 0.717) is 5.56 Å². The van der Waals surface area contributed by atoms with Gasteiger partial charge in [0.1, 0.15) is 0 Å². The van der Waals surface area contributed by atoms with Crippen molar-refractivity contribution in [1.29, 1.82) is 10.5 Å². The van der Waals surface area contributed by atoms with Crippen LogP contribution in [-0.2, 0) is 35.3 Å². The first-order chi connectivity index (χ1) is 21.1. The van der Waals surface area contributed by atoms with Crippen LogP contribution in [0.25, 0.3) is 0 Å². The largest absolute Gasteiger partial charge is 0.330 e. The normalized spacial score (nSPS) is 12.2. The Morgan fingerprint density at radius 2 is 1.20 bits per heavy atom. The number of hydrogen-bond acceptors (Lipinski definition) is 7. The fourth-order valence-electron chi connectivity index (χ4n) is 4.60. The third kappa shape index (κ3) is 8.80. The number of amides is 1. The van der Waals surface area contributed by atoms with Crippen LogP contribution in [0, 0.1) is 34.5 Å². The third-order valence-electron chi connectivity index (χ3n) is 7.20. The van der Waals surface area contributed by atoms with Crippen LogP contribution in [0.1, 0.15) is 44.4 Å². The van der Waals surface area contributed by atoms with E-state index in [4.69, 9.17) is 10.5 Å². The van der Waals surface area contributed by atoms with E-state index >= 15 is 0 Å². The van der Waals surface area contributed by atoms with Crippen molar-refractivity contribution < 1.29 is 21.6 Å². The molecule has 0 spiro atoms. The van der Waals surface area contributed by atoms with Gasteiger partial charge in [-0.15, -0.1) is 0 Å². The molecule has 0 fully saturated rings.